The summed E-state index contributed by atoms with van der Waals surface area (Å²) < 4.78 is 16.2. The summed E-state index contributed by atoms with van der Waals surface area (Å²) in [6, 6.07) is -0.356. The minimum Gasteiger partial charge on any atom is -0.381 e. The molecule has 0 bridgehead atoms. The number of amides is 1. The maximum absolute atomic E-state index is 12.9. The van der Waals surface area contributed by atoms with Crippen molar-refractivity contribution in [3.8, 4) is 0 Å². The van der Waals surface area contributed by atoms with E-state index in [9.17, 15) is 4.79 Å². The molecule has 0 aromatic carbocycles. The molecule has 1 fully saturated rings. The average Bonchev–Trinajstić information content (AvgIpc) is 3.27. The molecule has 142 valence electrons. The van der Waals surface area contributed by atoms with Gasteiger partial charge in [-0.15, -0.1) is 0 Å². The smallest absolute Gasteiger partial charge is 0.257 e. The number of nitrogens with one attached hydrogen (secondary N) is 1. The van der Waals surface area contributed by atoms with Crippen LogP contribution in [0.1, 0.15) is 79.1 Å². The van der Waals surface area contributed by atoms with Crippen molar-refractivity contribution < 1.29 is 18.6 Å². The third-order valence-electron chi connectivity index (χ3n) is 4.75. The number of carbonyl (C=O) groups is 1. The number of hydrogen-bond acceptors (Lipinski definition) is 7. The molecule has 0 aliphatic carbocycles. The minimum absolute atomic E-state index is 0.158. The van der Waals surface area contributed by atoms with Crippen molar-refractivity contribution in [2.24, 2.45) is 5.92 Å². The number of aromatic nitrogens is 3. The van der Waals surface area contributed by atoms with Crippen molar-refractivity contribution in [1.82, 2.24) is 20.6 Å². The first-order valence-corrected chi connectivity index (χ1v) is 9.18. The lowest BCUT2D eigenvalue weighted by Crippen LogP contribution is -2.36. The summed E-state index contributed by atoms with van der Waals surface area (Å²) in [6.07, 6.45) is 2.25. The second kappa shape index (κ2) is 7.99. The summed E-state index contributed by atoms with van der Waals surface area (Å²) in [5, 5.41) is 11.1. The minimum atomic E-state index is -0.356. The molecule has 2 aromatic rings. The number of ether oxygens (including phenoxy) is 1. The molecule has 3 heterocycles. The van der Waals surface area contributed by atoms with Crippen LogP contribution in [-0.2, 0) is 11.2 Å². The summed E-state index contributed by atoms with van der Waals surface area (Å²) in [6.45, 7) is 9.03. The highest BCUT2D eigenvalue weighted by molar-refractivity contribution is 5.96. The topological polar surface area (TPSA) is 103 Å². The molecule has 8 heteroatoms. The zero-order chi connectivity index (χ0) is 18.7. The molecule has 0 radical (unpaired) electrons. The average molecular weight is 362 g/mol. The standard InChI is InChI=1S/C18H26N4O4/c1-5-13-14(11(4)21-25-13)17(23)19-15(12-6-8-24-9-7-12)18-20-16(10(2)3)22-26-18/h10,12,15H,5-9H2,1-4H3,(H,19,23)/t15-/m0/s1. The predicted molar refractivity (Wildman–Crippen MR) is 92.8 cm³/mol. The fraction of sp³-hybridized carbons (Fsp3) is 0.667. The van der Waals surface area contributed by atoms with Crippen LogP contribution in [0.4, 0.5) is 0 Å². The normalized spacial score (nSPS) is 16.8. The molecule has 1 aliphatic rings. The van der Waals surface area contributed by atoms with Gasteiger partial charge in [-0.05, 0) is 25.7 Å². The van der Waals surface area contributed by atoms with E-state index in [-0.39, 0.29) is 23.8 Å². The van der Waals surface area contributed by atoms with Gasteiger partial charge in [0.1, 0.15) is 17.4 Å². The molecule has 0 unspecified atom stereocenters. The molecule has 0 spiro atoms. The van der Waals surface area contributed by atoms with Crippen LogP contribution < -0.4 is 5.32 Å². The molecule has 3 rings (SSSR count). The van der Waals surface area contributed by atoms with Gasteiger partial charge in [-0.25, -0.2) is 0 Å². The second-order valence-electron chi connectivity index (χ2n) is 6.97. The zero-order valence-corrected chi connectivity index (χ0v) is 15.7. The Morgan fingerprint density at radius 2 is 1.96 bits per heavy atom. The summed E-state index contributed by atoms with van der Waals surface area (Å²) >= 11 is 0. The third kappa shape index (κ3) is 3.80. The van der Waals surface area contributed by atoms with Crippen molar-refractivity contribution in [1.29, 1.82) is 0 Å². The highest BCUT2D eigenvalue weighted by Gasteiger charge is 2.33. The Kier molecular flexibility index (Phi) is 5.70. The lowest BCUT2D eigenvalue weighted by atomic mass is 9.91. The molecule has 8 nitrogen and oxygen atoms in total. The van der Waals surface area contributed by atoms with Crippen molar-refractivity contribution in [2.75, 3.05) is 13.2 Å². The zero-order valence-electron chi connectivity index (χ0n) is 15.7. The quantitative estimate of drug-likeness (QED) is 0.842. The molecule has 1 atom stereocenters. The Morgan fingerprint density at radius 3 is 2.58 bits per heavy atom. The van der Waals surface area contributed by atoms with E-state index in [0.29, 0.717) is 48.4 Å². The first kappa shape index (κ1) is 18.6. The lowest BCUT2D eigenvalue weighted by molar-refractivity contribution is 0.0467. The van der Waals surface area contributed by atoms with Gasteiger partial charge in [0.25, 0.3) is 5.91 Å². The highest BCUT2D eigenvalue weighted by atomic mass is 16.5. The molecular formula is C18H26N4O4. The van der Waals surface area contributed by atoms with Crippen LogP contribution in [0.25, 0.3) is 0 Å². The van der Waals surface area contributed by atoms with Crippen LogP contribution >= 0.6 is 0 Å². The van der Waals surface area contributed by atoms with Crippen LogP contribution in [0.5, 0.6) is 0 Å². The van der Waals surface area contributed by atoms with E-state index in [1.54, 1.807) is 6.92 Å². The van der Waals surface area contributed by atoms with Crippen LogP contribution in [0.15, 0.2) is 9.05 Å². The van der Waals surface area contributed by atoms with Crippen molar-refractivity contribution in [3.63, 3.8) is 0 Å². The largest absolute Gasteiger partial charge is 0.381 e. The fourth-order valence-electron chi connectivity index (χ4n) is 3.20. The number of hydrogen-bond donors (Lipinski definition) is 1. The maximum Gasteiger partial charge on any atom is 0.257 e. The van der Waals surface area contributed by atoms with E-state index in [1.807, 2.05) is 20.8 Å². The van der Waals surface area contributed by atoms with Gasteiger partial charge in [0, 0.05) is 25.6 Å². The number of nitrogens with zero attached hydrogens (tertiary/aromatic N) is 3. The van der Waals surface area contributed by atoms with Gasteiger partial charge in [-0.3, -0.25) is 4.79 Å². The third-order valence-corrected chi connectivity index (χ3v) is 4.75. The van der Waals surface area contributed by atoms with Gasteiger partial charge in [-0.1, -0.05) is 31.1 Å². The summed E-state index contributed by atoms with van der Waals surface area (Å²) in [7, 11) is 0. The Bertz CT molecular complexity index is 746. The molecule has 0 saturated carbocycles. The molecule has 1 aliphatic heterocycles. The molecule has 26 heavy (non-hydrogen) atoms. The van der Waals surface area contributed by atoms with Crippen molar-refractivity contribution in [2.45, 2.75) is 58.9 Å². The summed E-state index contributed by atoms with van der Waals surface area (Å²) in [5.74, 6) is 1.78. The Balaban J connectivity index is 1.87. The van der Waals surface area contributed by atoms with Gasteiger partial charge >= 0.3 is 0 Å². The highest BCUT2D eigenvalue weighted by Crippen LogP contribution is 2.30. The molecular weight excluding hydrogens is 336 g/mol. The van der Waals surface area contributed by atoms with E-state index in [0.717, 1.165) is 12.8 Å². The first-order chi connectivity index (χ1) is 12.5. The Morgan fingerprint density at radius 1 is 1.23 bits per heavy atom. The summed E-state index contributed by atoms with van der Waals surface area (Å²) in [5.41, 5.74) is 1.08. The number of rotatable bonds is 6. The summed E-state index contributed by atoms with van der Waals surface area (Å²) in [4.78, 5) is 17.5. The first-order valence-electron chi connectivity index (χ1n) is 9.18. The van der Waals surface area contributed by atoms with Crippen molar-refractivity contribution >= 4 is 5.91 Å². The van der Waals surface area contributed by atoms with Crippen LogP contribution in [-0.4, -0.2) is 34.4 Å². The van der Waals surface area contributed by atoms with E-state index in [2.05, 4.69) is 20.6 Å². The molecule has 1 saturated heterocycles. The molecule has 1 amide bonds. The molecule has 2 aromatic heterocycles. The van der Waals surface area contributed by atoms with Gasteiger partial charge in [0.05, 0.1) is 5.69 Å². The van der Waals surface area contributed by atoms with E-state index >= 15 is 0 Å². The van der Waals surface area contributed by atoms with Crippen LogP contribution in [0, 0.1) is 12.8 Å². The number of carbonyl (C=O) groups excluding carboxylic acids is 1. The second-order valence-corrected chi connectivity index (χ2v) is 6.97. The van der Waals surface area contributed by atoms with Crippen LogP contribution in [0.2, 0.25) is 0 Å². The Hall–Kier alpha value is -2.22. The van der Waals surface area contributed by atoms with Gasteiger partial charge < -0.3 is 19.1 Å². The van der Waals surface area contributed by atoms with E-state index in [4.69, 9.17) is 13.8 Å². The Labute approximate surface area is 152 Å². The van der Waals surface area contributed by atoms with Crippen LogP contribution in [0.3, 0.4) is 0 Å². The van der Waals surface area contributed by atoms with E-state index < -0.39 is 0 Å². The predicted octanol–water partition coefficient (Wildman–Crippen LogP) is 2.95. The van der Waals surface area contributed by atoms with Gasteiger partial charge in [0.15, 0.2) is 5.82 Å². The van der Waals surface area contributed by atoms with E-state index in [1.165, 1.54) is 0 Å². The lowest BCUT2D eigenvalue weighted by Gasteiger charge is -2.28. The maximum atomic E-state index is 12.9. The van der Waals surface area contributed by atoms with Crippen molar-refractivity contribution in [3.05, 3.63) is 28.7 Å². The van der Waals surface area contributed by atoms with Gasteiger partial charge in [0.2, 0.25) is 5.89 Å². The monoisotopic (exact) mass is 362 g/mol. The fourth-order valence-corrected chi connectivity index (χ4v) is 3.20. The number of aryl methyl sites for hydroxylation is 2. The molecule has 1 N–H and O–H groups in total. The SMILES string of the molecule is CCc1onc(C)c1C(=O)N[C@H](c1nc(C(C)C)no1)C1CCOCC1. The van der Waals surface area contributed by atoms with Gasteiger partial charge in [-0.2, -0.15) is 4.98 Å².